The Bertz CT molecular complexity index is 294. The van der Waals surface area contributed by atoms with E-state index in [0.717, 1.165) is 28.8 Å². The SMILES string of the molecule is [CH-]=C(O)/C=C1/C[CH-]C[CH-]C(=O)[C]1=[W].[Y]. The molecule has 0 bridgehead atoms. The summed E-state index contributed by atoms with van der Waals surface area (Å²) in [5, 5.41) is 8.88. The summed E-state index contributed by atoms with van der Waals surface area (Å²) in [6, 6.07) is 0. The van der Waals surface area contributed by atoms with Crippen LogP contribution in [0.4, 0.5) is 0 Å². The fourth-order valence-electron chi connectivity index (χ4n) is 1.08. The van der Waals surface area contributed by atoms with Crippen LogP contribution in [-0.2, 0) is 56.9 Å². The van der Waals surface area contributed by atoms with Crippen molar-refractivity contribution in [2.24, 2.45) is 0 Å². The fourth-order valence-corrected chi connectivity index (χ4v) is 1.89. The molecule has 0 aromatic carbocycles. The zero-order valence-corrected chi connectivity index (χ0v) is 13.3. The Kier molecular flexibility index (Phi) is 7.11. The van der Waals surface area contributed by atoms with Crippen LogP contribution >= 0.6 is 0 Å². The Labute approximate surface area is 120 Å². The molecule has 0 amide bonds. The summed E-state index contributed by atoms with van der Waals surface area (Å²) in [5.74, 6) is -0.187. The van der Waals surface area contributed by atoms with Crippen molar-refractivity contribution >= 4 is 9.68 Å². The molecule has 1 aliphatic rings. The second-order valence-electron chi connectivity index (χ2n) is 2.72. The molecule has 0 aromatic heterocycles. The number of rotatable bonds is 1. The van der Waals surface area contributed by atoms with Gasteiger partial charge in [0.1, 0.15) is 0 Å². The molecule has 0 saturated heterocycles. The average Bonchev–Trinajstić information content (AvgIpc) is 2.19. The summed E-state index contributed by atoms with van der Waals surface area (Å²) >= 11 is 1.11. The van der Waals surface area contributed by atoms with Crippen LogP contribution in [0, 0.1) is 19.4 Å². The van der Waals surface area contributed by atoms with Gasteiger partial charge in [0.15, 0.2) is 0 Å². The number of hydrogen-bond donors (Lipinski definition) is 1. The van der Waals surface area contributed by atoms with Gasteiger partial charge in [-0.3, -0.25) is 0 Å². The first-order chi connectivity index (χ1) is 6.11. The summed E-state index contributed by atoms with van der Waals surface area (Å²) < 4.78 is 0.741. The summed E-state index contributed by atoms with van der Waals surface area (Å²) in [7, 11) is 0. The van der Waals surface area contributed by atoms with E-state index in [1.54, 1.807) is 6.42 Å². The first-order valence-corrected chi connectivity index (χ1v) is 5.33. The van der Waals surface area contributed by atoms with E-state index in [9.17, 15) is 4.79 Å². The Balaban J connectivity index is 0.00000169. The van der Waals surface area contributed by atoms with E-state index in [1.807, 2.05) is 6.42 Å². The largest absolute Gasteiger partial charge is 0 e. The van der Waals surface area contributed by atoms with Crippen molar-refractivity contribution in [3.05, 3.63) is 36.8 Å². The van der Waals surface area contributed by atoms with Crippen molar-refractivity contribution in [2.45, 2.75) is 12.8 Å². The summed E-state index contributed by atoms with van der Waals surface area (Å²) in [6.45, 7) is 5.14. The van der Waals surface area contributed by atoms with Gasteiger partial charge in [-0.25, -0.2) is 0 Å². The minimum absolute atomic E-state index is 0. The van der Waals surface area contributed by atoms with Gasteiger partial charge in [-0.05, 0) is 0 Å². The van der Waals surface area contributed by atoms with Crippen LogP contribution in [0.1, 0.15) is 12.8 Å². The van der Waals surface area contributed by atoms with Crippen molar-refractivity contribution in [3.63, 3.8) is 0 Å². The first-order valence-electron chi connectivity index (χ1n) is 3.86. The van der Waals surface area contributed by atoms with E-state index in [0.29, 0.717) is 12.8 Å². The van der Waals surface area contributed by atoms with E-state index in [-0.39, 0.29) is 44.3 Å². The molecule has 0 aromatic rings. The molecule has 1 radical (unpaired) electrons. The number of aliphatic hydroxyl groups is 1. The number of aliphatic hydroxyl groups excluding tert-OH is 1. The quantitative estimate of drug-likeness (QED) is 0.384. The normalized spacial score (nSPS) is 19.6. The van der Waals surface area contributed by atoms with Crippen molar-refractivity contribution in [2.75, 3.05) is 0 Å². The molecule has 2 nitrogen and oxygen atoms in total. The predicted molar refractivity (Wildman–Crippen MR) is 46.4 cm³/mol. The number of hydrogen-bond acceptors (Lipinski definition) is 2. The predicted octanol–water partition coefficient (Wildman–Crippen LogP) is 1.28. The average molecular weight is 434 g/mol. The Morgan fingerprint density at radius 1 is 1.64 bits per heavy atom. The molecule has 14 heavy (non-hydrogen) atoms. The summed E-state index contributed by atoms with van der Waals surface area (Å²) in [4.78, 5) is 11.3. The third-order valence-corrected chi connectivity index (χ3v) is 3.34. The van der Waals surface area contributed by atoms with E-state index < -0.39 is 0 Å². The smallest absolute Gasteiger partial charge is 0 e. The second kappa shape index (κ2) is 6.87. The molecule has 1 aliphatic carbocycles. The van der Waals surface area contributed by atoms with Crippen LogP contribution < -0.4 is 0 Å². The van der Waals surface area contributed by atoms with Crippen LogP contribution in [0.25, 0.3) is 0 Å². The second-order valence-corrected chi connectivity index (χ2v) is 4.19. The molecule has 4 heteroatoms. The maximum atomic E-state index is 11.3. The van der Waals surface area contributed by atoms with Crippen molar-refractivity contribution in [1.82, 2.24) is 0 Å². The number of ketones is 1. The molecular formula is C10H9O2WY-3. The van der Waals surface area contributed by atoms with Gasteiger partial charge < -0.3 is 0 Å². The van der Waals surface area contributed by atoms with Crippen LogP contribution in [-0.4, -0.2) is 14.8 Å². The van der Waals surface area contributed by atoms with Crippen LogP contribution in [0.5, 0.6) is 0 Å². The van der Waals surface area contributed by atoms with E-state index in [2.05, 4.69) is 0 Å². The van der Waals surface area contributed by atoms with Gasteiger partial charge in [0, 0.05) is 32.7 Å². The molecule has 1 rings (SSSR count). The fraction of sp³-hybridized carbons (Fsp3) is 0.200. The molecule has 73 valence electrons. The molecule has 0 heterocycles. The Hall–Kier alpha value is 0.482. The number of carbonyl (C=O) groups is 1. The number of allylic oxidation sites excluding steroid dienone is 2. The zero-order valence-electron chi connectivity index (χ0n) is 7.56. The van der Waals surface area contributed by atoms with E-state index in [4.69, 9.17) is 11.7 Å². The molecule has 1 fully saturated rings. The third kappa shape index (κ3) is 4.34. The van der Waals surface area contributed by atoms with Crippen molar-refractivity contribution in [3.8, 4) is 0 Å². The van der Waals surface area contributed by atoms with E-state index in [1.165, 1.54) is 6.08 Å². The van der Waals surface area contributed by atoms with Crippen molar-refractivity contribution in [1.29, 1.82) is 0 Å². The Morgan fingerprint density at radius 3 is 2.86 bits per heavy atom. The maximum Gasteiger partial charge on any atom is 0 e. The van der Waals surface area contributed by atoms with Crippen LogP contribution in [0.3, 0.4) is 0 Å². The summed E-state index contributed by atoms with van der Waals surface area (Å²) in [5.41, 5.74) is 0.828. The van der Waals surface area contributed by atoms with Gasteiger partial charge in [-0.2, -0.15) is 0 Å². The minimum Gasteiger partial charge on any atom is 0 e. The van der Waals surface area contributed by atoms with Gasteiger partial charge in [0.25, 0.3) is 0 Å². The molecule has 1 saturated carbocycles. The van der Waals surface area contributed by atoms with E-state index >= 15 is 0 Å². The first kappa shape index (κ1) is 14.5. The monoisotopic (exact) mass is 434 g/mol. The number of Topliss-reactive ketones (excluding diaryl/α,β-unsaturated/α-hetero) is 1. The zero-order chi connectivity index (χ0) is 9.84. The molecule has 0 spiro atoms. The van der Waals surface area contributed by atoms with Gasteiger partial charge in [-0.1, -0.05) is 0 Å². The number of carbonyl (C=O) groups excluding carboxylic acids is 1. The van der Waals surface area contributed by atoms with Gasteiger partial charge in [-0.15, -0.1) is 0 Å². The van der Waals surface area contributed by atoms with Crippen LogP contribution in [0.15, 0.2) is 17.4 Å². The summed E-state index contributed by atoms with van der Waals surface area (Å²) in [6.07, 6.45) is 6.48. The van der Waals surface area contributed by atoms with Crippen molar-refractivity contribution < 1.29 is 62.0 Å². The van der Waals surface area contributed by atoms with Gasteiger partial charge in [0.2, 0.25) is 0 Å². The molecule has 0 unspecified atom stereocenters. The maximum absolute atomic E-state index is 11.3. The third-order valence-electron chi connectivity index (χ3n) is 1.67. The minimum atomic E-state index is -0.239. The molecular weight excluding hydrogens is 425 g/mol. The standard InChI is InChI=1S/C10H9O2.W.Y/c1-8(11)6-9-4-2-3-5-10(12)7-9;;/h1-2,5-6,11H,3-4H2;;/q-3;;/b9-6-;;. The topological polar surface area (TPSA) is 37.3 Å². The molecule has 0 aliphatic heterocycles. The van der Waals surface area contributed by atoms with Gasteiger partial charge in [0.05, 0.1) is 0 Å². The molecule has 0 atom stereocenters. The van der Waals surface area contributed by atoms with Crippen LogP contribution in [0.2, 0.25) is 0 Å². The van der Waals surface area contributed by atoms with Gasteiger partial charge >= 0.3 is 88.6 Å². The Morgan fingerprint density at radius 2 is 2.29 bits per heavy atom. The molecule has 1 N–H and O–H groups in total.